The Morgan fingerprint density at radius 1 is 1.20 bits per heavy atom. The van der Waals surface area contributed by atoms with E-state index in [1.165, 1.54) is 0 Å². The molecule has 1 aromatic carbocycles. The summed E-state index contributed by atoms with van der Waals surface area (Å²) in [7, 11) is 0. The molecular weight excluding hydrogens is 254 g/mol. The van der Waals surface area contributed by atoms with Gasteiger partial charge in [-0.1, -0.05) is 18.2 Å². The topological polar surface area (TPSA) is 46.5 Å². The predicted molar refractivity (Wildman–Crippen MR) is 78.0 cm³/mol. The molecule has 1 saturated heterocycles. The summed E-state index contributed by atoms with van der Waals surface area (Å²) < 4.78 is 6.96. The van der Waals surface area contributed by atoms with E-state index in [1.807, 2.05) is 36.5 Å². The van der Waals surface area contributed by atoms with Gasteiger partial charge < -0.3 is 10.1 Å². The number of benzene rings is 1. The molecule has 2 heterocycles. The average molecular weight is 273 g/mol. The van der Waals surface area contributed by atoms with E-state index in [-0.39, 0.29) is 6.03 Å². The van der Waals surface area contributed by atoms with Crippen LogP contribution < -0.4 is 5.32 Å². The summed E-state index contributed by atoms with van der Waals surface area (Å²) in [6.45, 7) is 5.00. The first-order chi connectivity index (χ1) is 9.84. The van der Waals surface area contributed by atoms with E-state index in [1.54, 1.807) is 4.57 Å². The van der Waals surface area contributed by atoms with E-state index in [0.717, 1.165) is 43.8 Å². The van der Waals surface area contributed by atoms with E-state index < -0.39 is 0 Å². The number of rotatable bonds is 3. The minimum atomic E-state index is -0.0699. The summed E-state index contributed by atoms with van der Waals surface area (Å²) in [5.41, 5.74) is 0.941. The van der Waals surface area contributed by atoms with Crippen molar-refractivity contribution in [2.45, 2.75) is 0 Å². The van der Waals surface area contributed by atoms with Gasteiger partial charge in [0.2, 0.25) is 0 Å². The average Bonchev–Trinajstić information content (AvgIpc) is 2.92. The fourth-order valence-electron chi connectivity index (χ4n) is 2.49. The van der Waals surface area contributed by atoms with Gasteiger partial charge in [-0.15, -0.1) is 0 Å². The number of para-hydroxylation sites is 1. The normalized spacial score (nSPS) is 16.4. The van der Waals surface area contributed by atoms with Crippen LogP contribution in [0.2, 0.25) is 0 Å². The molecule has 0 spiro atoms. The molecule has 1 aliphatic heterocycles. The first-order valence-electron chi connectivity index (χ1n) is 6.99. The second kappa shape index (κ2) is 6.07. The summed E-state index contributed by atoms with van der Waals surface area (Å²) in [6.07, 6.45) is 1.81. The SMILES string of the molecule is O=C(NCCN1CCOCC1)n1ccc2ccccc21. The smallest absolute Gasteiger partial charge is 0.326 e. The van der Waals surface area contributed by atoms with Crippen LogP contribution in [-0.4, -0.2) is 54.9 Å². The molecule has 0 bridgehead atoms. The van der Waals surface area contributed by atoms with Gasteiger partial charge in [-0.05, 0) is 12.1 Å². The highest BCUT2D eigenvalue weighted by atomic mass is 16.5. The van der Waals surface area contributed by atoms with Gasteiger partial charge in [0.15, 0.2) is 0 Å². The minimum absolute atomic E-state index is 0.0699. The number of nitrogens with one attached hydrogen (secondary N) is 1. The third-order valence-electron chi connectivity index (χ3n) is 3.63. The lowest BCUT2D eigenvalue weighted by Crippen LogP contribution is -2.42. The molecule has 0 saturated carbocycles. The minimum Gasteiger partial charge on any atom is -0.379 e. The number of morpholine rings is 1. The molecule has 106 valence electrons. The van der Waals surface area contributed by atoms with Crippen LogP contribution >= 0.6 is 0 Å². The number of hydrogen-bond donors (Lipinski definition) is 1. The lowest BCUT2D eigenvalue weighted by molar-refractivity contribution is 0.0387. The molecule has 0 atom stereocenters. The zero-order valence-electron chi connectivity index (χ0n) is 11.4. The maximum absolute atomic E-state index is 12.2. The van der Waals surface area contributed by atoms with Crippen molar-refractivity contribution in [2.24, 2.45) is 0 Å². The van der Waals surface area contributed by atoms with E-state index in [0.29, 0.717) is 6.54 Å². The van der Waals surface area contributed by atoms with E-state index >= 15 is 0 Å². The molecule has 1 aliphatic rings. The fourth-order valence-corrected chi connectivity index (χ4v) is 2.49. The Morgan fingerprint density at radius 3 is 2.85 bits per heavy atom. The summed E-state index contributed by atoms with van der Waals surface area (Å²) in [6, 6.07) is 9.77. The molecule has 5 heteroatoms. The Balaban J connectivity index is 1.56. The highest BCUT2D eigenvalue weighted by molar-refractivity contribution is 5.91. The molecule has 1 N–H and O–H groups in total. The summed E-state index contributed by atoms with van der Waals surface area (Å²) >= 11 is 0. The molecule has 2 aromatic rings. The van der Waals surface area contributed by atoms with Crippen LogP contribution in [0.5, 0.6) is 0 Å². The summed E-state index contributed by atoms with van der Waals surface area (Å²) in [4.78, 5) is 14.5. The van der Waals surface area contributed by atoms with Crippen molar-refractivity contribution < 1.29 is 9.53 Å². The van der Waals surface area contributed by atoms with Gasteiger partial charge in [0.1, 0.15) is 0 Å². The Hall–Kier alpha value is -1.85. The molecule has 0 radical (unpaired) electrons. The quantitative estimate of drug-likeness (QED) is 0.922. The third-order valence-corrected chi connectivity index (χ3v) is 3.63. The highest BCUT2D eigenvalue weighted by Crippen LogP contribution is 2.14. The molecule has 1 aromatic heterocycles. The van der Waals surface area contributed by atoms with Crippen molar-refractivity contribution in [3.8, 4) is 0 Å². The molecule has 1 fully saturated rings. The van der Waals surface area contributed by atoms with Crippen molar-refractivity contribution in [3.05, 3.63) is 36.5 Å². The monoisotopic (exact) mass is 273 g/mol. The number of carbonyl (C=O) groups is 1. The van der Waals surface area contributed by atoms with Crippen molar-refractivity contribution in [3.63, 3.8) is 0 Å². The number of aromatic nitrogens is 1. The second-order valence-electron chi connectivity index (χ2n) is 4.93. The zero-order valence-corrected chi connectivity index (χ0v) is 11.4. The Morgan fingerprint density at radius 2 is 2.00 bits per heavy atom. The fraction of sp³-hybridized carbons (Fsp3) is 0.400. The predicted octanol–water partition coefficient (Wildman–Crippen LogP) is 1.53. The van der Waals surface area contributed by atoms with Gasteiger partial charge in [-0.2, -0.15) is 0 Å². The van der Waals surface area contributed by atoms with Crippen molar-refractivity contribution >= 4 is 16.9 Å². The lowest BCUT2D eigenvalue weighted by Gasteiger charge is -2.26. The summed E-state index contributed by atoms with van der Waals surface area (Å²) in [5, 5.41) is 4.05. The molecule has 20 heavy (non-hydrogen) atoms. The van der Waals surface area contributed by atoms with Crippen LogP contribution in [0.4, 0.5) is 4.79 Å². The van der Waals surface area contributed by atoms with E-state index in [9.17, 15) is 4.79 Å². The van der Waals surface area contributed by atoms with Crippen LogP contribution in [0.15, 0.2) is 36.5 Å². The zero-order chi connectivity index (χ0) is 13.8. The largest absolute Gasteiger partial charge is 0.379 e. The number of hydrogen-bond acceptors (Lipinski definition) is 3. The molecule has 5 nitrogen and oxygen atoms in total. The maximum atomic E-state index is 12.2. The van der Waals surface area contributed by atoms with Gasteiger partial charge in [0.25, 0.3) is 0 Å². The summed E-state index contributed by atoms with van der Waals surface area (Å²) in [5.74, 6) is 0. The van der Waals surface area contributed by atoms with Gasteiger partial charge in [-0.25, -0.2) is 4.79 Å². The highest BCUT2D eigenvalue weighted by Gasteiger charge is 2.11. The second-order valence-corrected chi connectivity index (χ2v) is 4.93. The van der Waals surface area contributed by atoms with E-state index in [4.69, 9.17) is 4.74 Å². The lowest BCUT2D eigenvalue weighted by atomic mass is 10.2. The van der Waals surface area contributed by atoms with Gasteiger partial charge in [-0.3, -0.25) is 9.47 Å². The van der Waals surface area contributed by atoms with Crippen molar-refractivity contribution in [1.29, 1.82) is 0 Å². The van der Waals surface area contributed by atoms with Gasteiger partial charge in [0, 0.05) is 37.8 Å². The first kappa shape index (κ1) is 13.1. The molecule has 3 rings (SSSR count). The van der Waals surface area contributed by atoms with Crippen molar-refractivity contribution in [1.82, 2.24) is 14.8 Å². The Labute approximate surface area is 118 Å². The van der Waals surface area contributed by atoms with Crippen molar-refractivity contribution in [2.75, 3.05) is 39.4 Å². The van der Waals surface area contributed by atoms with Crippen LogP contribution in [0.25, 0.3) is 10.9 Å². The standard InChI is InChI=1S/C15H19N3O2/c19-15(16-6-8-17-9-11-20-12-10-17)18-7-5-13-3-1-2-4-14(13)18/h1-5,7H,6,8-12H2,(H,16,19). The number of fused-ring (bicyclic) bond motifs is 1. The number of carbonyl (C=O) groups excluding carboxylic acids is 1. The third kappa shape index (κ3) is 2.84. The molecule has 0 aliphatic carbocycles. The van der Waals surface area contributed by atoms with Crippen LogP contribution in [0.3, 0.4) is 0 Å². The van der Waals surface area contributed by atoms with Gasteiger partial charge >= 0.3 is 6.03 Å². The molecule has 0 unspecified atom stereocenters. The molecular formula is C15H19N3O2. The first-order valence-corrected chi connectivity index (χ1v) is 6.99. The number of ether oxygens (including phenoxy) is 1. The maximum Gasteiger partial charge on any atom is 0.326 e. The van der Waals surface area contributed by atoms with Crippen LogP contribution in [0, 0.1) is 0 Å². The Kier molecular flexibility index (Phi) is 3.99. The van der Waals surface area contributed by atoms with E-state index in [2.05, 4.69) is 10.2 Å². The van der Waals surface area contributed by atoms with Crippen LogP contribution in [-0.2, 0) is 4.74 Å². The number of amides is 1. The molecule has 1 amide bonds. The number of nitrogens with zero attached hydrogens (tertiary/aromatic N) is 2. The Bertz CT molecular complexity index is 588. The van der Waals surface area contributed by atoms with Gasteiger partial charge in [0.05, 0.1) is 18.7 Å². The van der Waals surface area contributed by atoms with Crippen LogP contribution in [0.1, 0.15) is 0 Å².